The van der Waals surface area contributed by atoms with Crippen LogP contribution in [0.2, 0.25) is 0 Å². The molecule has 0 amide bonds. The van der Waals surface area contributed by atoms with Gasteiger partial charge < -0.3 is 5.11 Å². The molecule has 0 aliphatic heterocycles. The van der Waals surface area contributed by atoms with E-state index in [0.717, 1.165) is 6.07 Å². The van der Waals surface area contributed by atoms with Crippen LogP contribution in [0.5, 0.6) is 5.75 Å². The van der Waals surface area contributed by atoms with Gasteiger partial charge in [0.1, 0.15) is 5.75 Å². The number of phenols is 1. The molecule has 0 spiro atoms. The fourth-order valence-electron chi connectivity index (χ4n) is 1.74. The highest BCUT2D eigenvalue weighted by atomic mass is 79.9. The molecule has 0 bridgehead atoms. The van der Waals surface area contributed by atoms with Crippen LogP contribution in [0.15, 0.2) is 45.8 Å². The summed E-state index contributed by atoms with van der Waals surface area (Å²) < 4.78 is 27.3. The quantitative estimate of drug-likeness (QED) is 0.476. The molecule has 116 valence electrons. The first-order valence-electron chi connectivity index (χ1n) is 5.97. The van der Waals surface area contributed by atoms with E-state index in [1.54, 1.807) is 6.92 Å². The Morgan fingerprint density at radius 2 is 1.95 bits per heavy atom. The molecular formula is C13H11BrN2O5S. The van der Waals surface area contributed by atoms with Crippen LogP contribution in [-0.4, -0.2) is 18.4 Å². The number of nitrogens with one attached hydrogen (secondary N) is 1. The number of non-ortho nitro benzene ring substituents is 1. The molecule has 0 heterocycles. The smallest absolute Gasteiger partial charge is 0.270 e. The van der Waals surface area contributed by atoms with Crippen molar-refractivity contribution < 1.29 is 18.4 Å². The predicted octanol–water partition coefficient (Wildman–Crippen LogP) is 3.17. The molecule has 0 aliphatic rings. The highest BCUT2D eigenvalue weighted by Gasteiger charge is 2.19. The molecule has 0 saturated carbocycles. The van der Waals surface area contributed by atoms with E-state index in [4.69, 9.17) is 0 Å². The topological polar surface area (TPSA) is 110 Å². The summed E-state index contributed by atoms with van der Waals surface area (Å²) in [7, 11) is -3.98. The molecule has 2 N–H and O–H groups in total. The second kappa shape index (κ2) is 5.93. The van der Waals surface area contributed by atoms with Crippen LogP contribution in [0, 0.1) is 17.0 Å². The van der Waals surface area contributed by atoms with Crippen LogP contribution in [0.4, 0.5) is 11.4 Å². The Bertz CT molecular complexity index is 852. The molecule has 0 fully saturated rings. The molecule has 2 aromatic carbocycles. The van der Waals surface area contributed by atoms with Crippen molar-refractivity contribution in [2.24, 2.45) is 0 Å². The van der Waals surface area contributed by atoms with Gasteiger partial charge >= 0.3 is 0 Å². The number of hydrogen-bond acceptors (Lipinski definition) is 5. The Labute approximate surface area is 134 Å². The SMILES string of the molecule is Cc1cc(O)c(Br)cc1NS(=O)(=O)c1cccc([N+](=O)[O-])c1. The lowest BCUT2D eigenvalue weighted by atomic mass is 10.2. The maximum Gasteiger partial charge on any atom is 0.270 e. The number of aryl methyl sites for hydroxylation is 1. The first kappa shape index (κ1) is 16.2. The number of aromatic hydroxyl groups is 1. The van der Waals surface area contributed by atoms with Gasteiger partial charge in [-0.15, -0.1) is 0 Å². The van der Waals surface area contributed by atoms with E-state index in [1.807, 2.05) is 0 Å². The number of nitro groups is 1. The average molecular weight is 387 g/mol. The minimum Gasteiger partial charge on any atom is -0.507 e. The Kier molecular flexibility index (Phi) is 4.38. The zero-order chi connectivity index (χ0) is 16.5. The normalized spacial score (nSPS) is 11.2. The fourth-order valence-corrected chi connectivity index (χ4v) is 3.25. The number of phenolic OH excluding ortho intramolecular Hbond substituents is 1. The second-order valence-electron chi connectivity index (χ2n) is 4.48. The summed E-state index contributed by atoms with van der Waals surface area (Å²) in [6.07, 6.45) is 0. The molecular weight excluding hydrogens is 376 g/mol. The summed E-state index contributed by atoms with van der Waals surface area (Å²) in [5.41, 5.74) is 0.456. The second-order valence-corrected chi connectivity index (χ2v) is 7.02. The van der Waals surface area contributed by atoms with Gasteiger partial charge in [-0.3, -0.25) is 14.8 Å². The summed E-state index contributed by atoms with van der Waals surface area (Å²) >= 11 is 3.10. The summed E-state index contributed by atoms with van der Waals surface area (Å²) in [4.78, 5) is 9.85. The summed E-state index contributed by atoms with van der Waals surface area (Å²) in [5.74, 6) is -0.0178. The van der Waals surface area contributed by atoms with E-state index >= 15 is 0 Å². The lowest BCUT2D eigenvalue weighted by molar-refractivity contribution is -0.385. The van der Waals surface area contributed by atoms with Crippen molar-refractivity contribution in [3.05, 3.63) is 56.5 Å². The molecule has 2 aromatic rings. The predicted molar refractivity (Wildman–Crippen MR) is 84.4 cm³/mol. The van der Waals surface area contributed by atoms with Gasteiger partial charge in [-0.25, -0.2) is 8.42 Å². The highest BCUT2D eigenvalue weighted by Crippen LogP contribution is 2.31. The van der Waals surface area contributed by atoms with Gasteiger partial charge in [0.05, 0.1) is 20.0 Å². The molecule has 0 saturated heterocycles. The third-order valence-corrected chi connectivity index (χ3v) is 4.88. The zero-order valence-corrected chi connectivity index (χ0v) is 13.7. The third kappa shape index (κ3) is 3.37. The van der Waals surface area contributed by atoms with Crippen LogP contribution >= 0.6 is 15.9 Å². The van der Waals surface area contributed by atoms with E-state index in [1.165, 1.54) is 30.3 Å². The Morgan fingerprint density at radius 1 is 1.27 bits per heavy atom. The van der Waals surface area contributed by atoms with Crippen molar-refractivity contribution >= 4 is 37.3 Å². The van der Waals surface area contributed by atoms with E-state index in [-0.39, 0.29) is 22.0 Å². The van der Waals surface area contributed by atoms with Crippen LogP contribution in [-0.2, 0) is 10.0 Å². The molecule has 22 heavy (non-hydrogen) atoms. The van der Waals surface area contributed by atoms with Gasteiger partial charge in [0.2, 0.25) is 0 Å². The number of sulfonamides is 1. The molecule has 0 radical (unpaired) electrons. The largest absolute Gasteiger partial charge is 0.507 e. The van der Waals surface area contributed by atoms with Crippen LogP contribution < -0.4 is 4.72 Å². The number of hydrogen-bond donors (Lipinski definition) is 2. The van der Waals surface area contributed by atoms with Crippen molar-refractivity contribution in [1.29, 1.82) is 0 Å². The number of anilines is 1. The summed E-state index contributed by atoms with van der Waals surface area (Å²) in [6.45, 7) is 1.62. The van der Waals surface area contributed by atoms with E-state index in [0.29, 0.717) is 10.0 Å². The lowest BCUT2D eigenvalue weighted by Crippen LogP contribution is -2.14. The molecule has 0 aliphatic carbocycles. The fraction of sp³-hybridized carbons (Fsp3) is 0.0769. The number of nitro benzene ring substituents is 1. The molecule has 7 nitrogen and oxygen atoms in total. The minimum atomic E-state index is -3.98. The van der Waals surface area contributed by atoms with Gasteiger partial charge in [0.25, 0.3) is 15.7 Å². The molecule has 9 heteroatoms. The van der Waals surface area contributed by atoms with Crippen molar-refractivity contribution in [3.8, 4) is 5.75 Å². The zero-order valence-electron chi connectivity index (χ0n) is 11.3. The Hall–Kier alpha value is -2.13. The van der Waals surface area contributed by atoms with Gasteiger partial charge in [-0.1, -0.05) is 6.07 Å². The minimum absolute atomic E-state index is 0.0178. The number of rotatable bonds is 4. The molecule has 0 aromatic heterocycles. The maximum atomic E-state index is 12.3. The van der Waals surface area contributed by atoms with Crippen molar-refractivity contribution in [3.63, 3.8) is 0 Å². The van der Waals surface area contributed by atoms with Crippen LogP contribution in [0.3, 0.4) is 0 Å². The van der Waals surface area contributed by atoms with Crippen LogP contribution in [0.1, 0.15) is 5.56 Å². The van der Waals surface area contributed by atoms with E-state index in [9.17, 15) is 23.6 Å². The maximum absolute atomic E-state index is 12.3. The first-order valence-corrected chi connectivity index (χ1v) is 8.25. The van der Waals surface area contributed by atoms with Crippen molar-refractivity contribution in [2.75, 3.05) is 4.72 Å². The third-order valence-electron chi connectivity index (χ3n) is 2.88. The van der Waals surface area contributed by atoms with Gasteiger partial charge in [-0.2, -0.15) is 0 Å². The first-order chi connectivity index (χ1) is 10.2. The highest BCUT2D eigenvalue weighted by molar-refractivity contribution is 9.10. The standard InChI is InChI=1S/C13H11BrN2O5S/c1-8-5-13(17)11(14)7-12(8)15-22(20,21)10-4-2-3-9(6-10)16(18)19/h2-7,15,17H,1H3. The average Bonchev–Trinajstić information content (AvgIpc) is 2.44. The van der Waals surface area contributed by atoms with Crippen molar-refractivity contribution in [2.45, 2.75) is 11.8 Å². The lowest BCUT2D eigenvalue weighted by Gasteiger charge is -2.11. The van der Waals surface area contributed by atoms with E-state index < -0.39 is 14.9 Å². The number of halogens is 1. The molecule has 0 atom stereocenters. The molecule has 2 rings (SSSR count). The van der Waals surface area contributed by atoms with Gasteiger partial charge in [0, 0.05) is 12.1 Å². The van der Waals surface area contributed by atoms with Crippen molar-refractivity contribution in [1.82, 2.24) is 0 Å². The number of benzene rings is 2. The van der Waals surface area contributed by atoms with Gasteiger partial charge in [0.15, 0.2) is 0 Å². The van der Waals surface area contributed by atoms with E-state index in [2.05, 4.69) is 20.7 Å². The number of nitrogens with zero attached hydrogens (tertiary/aromatic N) is 1. The summed E-state index contributed by atoms with van der Waals surface area (Å²) in [5, 5.41) is 20.3. The van der Waals surface area contributed by atoms with Gasteiger partial charge in [-0.05, 0) is 46.6 Å². The summed E-state index contributed by atoms with van der Waals surface area (Å²) in [6, 6.07) is 7.57. The molecule has 0 unspecified atom stereocenters. The Balaban J connectivity index is 2.42. The monoisotopic (exact) mass is 386 g/mol. The Morgan fingerprint density at radius 3 is 2.59 bits per heavy atom. The van der Waals surface area contributed by atoms with Crippen LogP contribution in [0.25, 0.3) is 0 Å².